The van der Waals surface area contributed by atoms with E-state index in [4.69, 9.17) is 15.2 Å². The Labute approximate surface area is 171 Å². The van der Waals surface area contributed by atoms with Gasteiger partial charge in [-0.1, -0.05) is 30.3 Å². The molecule has 0 atom stereocenters. The smallest absolute Gasteiger partial charge is 0.219 e. The first-order valence-electron chi connectivity index (χ1n) is 9.66. The topological polar surface area (TPSA) is 81.8 Å². The number of benzene rings is 2. The van der Waals surface area contributed by atoms with Crippen molar-refractivity contribution in [3.8, 4) is 17.4 Å². The number of nitrogens with two attached hydrogens (primary N) is 1. The Kier molecular flexibility index (Phi) is 7.46. The summed E-state index contributed by atoms with van der Waals surface area (Å²) in [7, 11) is 0. The lowest BCUT2D eigenvalue weighted by Gasteiger charge is -2.08. The number of pyridine rings is 1. The summed E-state index contributed by atoms with van der Waals surface area (Å²) in [6.45, 7) is 3.77. The third kappa shape index (κ3) is 6.84. The molecule has 0 spiro atoms. The number of hydrogen-bond donors (Lipinski definition) is 2. The van der Waals surface area contributed by atoms with E-state index in [1.165, 1.54) is 5.56 Å². The number of ether oxygens (including phenoxy) is 2. The van der Waals surface area contributed by atoms with Gasteiger partial charge in [-0.2, -0.15) is 0 Å². The highest BCUT2D eigenvalue weighted by molar-refractivity contribution is 5.77. The highest BCUT2D eigenvalue weighted by atomic mass is 16.5. The Bertz CT molecular complexity index is 912. The third-order valence-electron chi connectivity index (χ3n) is 4.15. The van der Waals surface area contributed by atoms with E-state index in [9.17, 15) is 0 Å². The summed E-state index contributed by atoms with van der Waals surface area (Å²) in [5.74, 6) is 2.44. The van der Waals surface area contributed by atoms with E-state index in [-0.39, 0.29) is 0 Å². The van der Waals surface area contributed by atoms with Crippen LogP contribution in [0.2, 0.25) is 0 Å². The maximum Gasteiger partial charge on any atom is 0.219 e. The molecule has 1 aromatic heterocycles. The van der Waals surface area contributed by atoms with Gasteiger partial charge in [0.1, 0.15) is 11.5 Å². The molecule has 6 nitrogen and oxygen atoms in total. The fourth-order valence-electron chi connectivity index (χ4n) is 2.71. The number of rotatable bonds is 9. The van der Waals surface area contributed by atoms with Gasteiger partial charge in [-0.05, 0) is 54.8 Å². The van der Waals surface area contributed by atoms with Crippen molar-refractivity contribution in [3.05, 3.63) is 84.1 Å². The first kappa shape index (κ1) is 20.2. The predicted octanol–water partition coefficient (Wildman–Crippen LogP) is 3.92. The minimum Gasteiger partial charge on any atom is -0.494 e. The van der Waals surface area contributed by atoms with Gasteiger partial charge in [0.05, 0.1) is 13.2 Å². The summed E-state index contributed by atoms with van der Waals surface area (Å²) in [5.41, 5.74) is 8.19. The van der Waals surface area contributed by atoms with Crippen LogP contribution in [0, 0.1) is 0 Å². The van der Waals surface area contributed by atoms with Crippen LogP contribution in [0.3, 0.4) is 0 Å². The molecule has 0 radical (unpaired) electrons. The van der Waals surface area contributed by atoms with E-state index in [1.54, 1.807) is 6.20 Å². The molecule has 0 aliphatic heterocycles. The molecule has 0 aliphatic carbocycles. The zero-order valence-electron chi connectivity index (χ0n) is 16.5. The minimum atomic E-state index is 0.423. The number of hydrogen-bond acceptors (Lipinski definition) is 4. The van der Waals surface area contributed by atoms with Crippen LogP contribution in [0.4, 0.5) is 0 Å². The zero-order valence-corrected chi connectivity index (χ0v) is 16.5. The summed E-state index contributed by atoms with van der Waals surface area (Å²) in [5, 5.41) is 3.14. The van der Waals surface area contributed by atoms with Gasteiger partial charge < -0.3 is 20.5 Å². The average Bonchev–Trinajstić information content (AvgIpc) is 2.75. The van der Waals surface area contributed by atoms with Crippen LogP contribution in [-0.4, -0.2) is 24.1 Å². The molecule has 29 heavy (non-hydrogen) atoms. The van der Waals surface area contributed by atoms with Crippen LogP contribution >= 0.6 is 0 Å². The van der Waals surface area contributed by atoms with Crippen LogP contribution in [0.5, 0.6) is 17.4 Å². The molecular formula is C23H26N4O2. The Morgan fingerprint density at radius 1 is 1.00 bits per heavy atom. The fourth-order valence-corrected chi connectivity index (χ4v) is 2.71. The summed E-state index contributed by atoms with van der Waals surface area (Å²) < 4.78 is 11.2. The van der Waals surface area contributed by atoms with Crippen molar-refractivity contribution >= 4 is 5.96 Å². The van der Waals surface area contributed by atoms with Crippen LogP contribution < -0.4 is 20.5 Å². The molecule has 2 aromatic carbocycles. The third-order valence-corrected chi connectivity index (χ3v) is 4.15. The van der Waals surface area contributed by atoms with E-state index in [0.717, 1.165) is 24.3 Å². The van der Waals surface area contributed by atoms with Crippen molar-refractivity contribution in [2.45, 2.75) is 19.9 Å². The maximum atomic E-state index is 5.97. The normalized spacial score (nSPS) is 11.1. The maximum absolute atomic E-state index is 5.97. The van der Waals surface area contributed by atoms with Gasteiger partial charge >= 0.3 is 0 Å². The SMILES string of the molecule is CCOc1ccc(Oc2cc(CN=C(N)NCCc3ccccc3)ccn2)cc1. The highest BCUT2D eigenvalue weighted by Crippen LogP contribution is 2.23. The number of nitrogens with one attached hydrogen (secondary N) is 1. The van der Waals surface area contributed by atoms with Crippen molar-refractivity contribution in [3.63, 3.8) is 0 Å². The Morgan fingerprint density at radius 2 is 1.76 bits per heavy atom. The predicted molar refractivity (Wildman–Crippen MR) is 115 cm³/mol. The quantitative estimate of drug-likeness (QED) is 0.427. The second kappa shape index (κ2) is 10.7. The van der Waals surface area contributed by atoms with Gasteiger partial charge in [0.25, 0.3) is 0 Å². The fraction of sp³-hybridized carbons (Fsp3) is 0.217. The van der Waals surface area contributed by atoms with Crippen LogP contribution in [-0.2, 0) is 13.0 Å². The molecule has 0 saturated heterocycles. The zero-order chi connectivity index (χ0) is 20.3. The lowest BCUT2D eigenvalue weighted by atomic mass is 10.1. The van der Waals surface area contributed by atoms with Gasteiger partial charge in [-0.25, -0.2) is 9.98 Å². The molecule has 0 bridgehead atoms. The van der Waals surface area contributed by atoms with E-state index in [1.807, 2.05) is 61.5 Å². The van der Waals surface area contributed by atoms with Crippen LogP contribution in [0.1, 0.15) is 18.1 Å². The number of nitrogens with zero attached hydrogens (tertiary/aromatic N) is 2. The molecule has 0 amide bonds. The monoisotopic (exact) mass is 390 g/mol. The summed E-state index contributed by atoms with van der Waals surface area (Å²) in [4.78, 5) is 8.64. The van der Waals surface area contributed by atoms with E-state index >= 15 is 0 Å². The largest absolute Gasteiger partial charge is 0.494 e. The molecule has 0 fully saturated rings. The van der Waals surface area contributed by atoms with Crippen molar-refractivity contribution < 1.29 is 9.47 Å². The first-order valence-corrected chi connectivity index (χ1v) is 9.66. The Hall–Kier alpha value is -3.54. The van der Waals surface area contributed by atoms with Crippen LogP contribution in [0.15, 0.2) is 77.9 Å². The number of aromatic nitrogens is 1. The molecule has 6 heteroatoms. The van der Waals surface area contributed by atoms with E-state index in [0.29, 0.717) is 30.7 Å². The molecule has 3 N–H and O–H groups in total. The van der Waals surface area contributed by atoms with Gasteiger partial charge in [0.15, 0.2) is 5.96 Å². The van der Waals surface area contributed by atoms with Crippen molar-refractivity contribution in [1.29, 1.82) is 0 Å². The van der Waals surface area contributed by atoms with E-state index < -0.39 is 0 Å². The van der Waals surface area contributed by atoms with Gasteiger partial charge in [-0.15, -0.1) is 0 Å². The standard InChI is InChI=1S/C23H26N4O2/c1-2-28-20-8-10-21(11-9-20)29-22-16-19(13-14-25-22)17-27-23(24)26-15-12-18-6-4-3-5-7-18/h3-11,13-14,16H,2,12,15,17H2,1H3,(H3,24,26,27). The van der Waals surface area contributed by atoms with Crippen molar-refractivity contribution in [2.75, 3.05) is 13.2 Å². The van der Waals surface area contributed by atoms with E-state index in [2.05, 4.69) is 27.4 Å². The lowest BCUT2D eigenvalue weighted by Crippen LogP contribution is -2.33. The van der Waals surface area contributed by atoms with Crippen molar-refractivity contribution in [1.82, 2.24) is 10.3 Å². The van der Waals surface area contributed by atoms with Crippen LogP contribution in [0.25, 0.3) is 0 Å². The van der Waals surface area contributed by atoms with Crippen molar-refractivity contribution in [2.24, 2.45) is 10.7 Å². The Morgan fingerprint density at radius 3 is 2.52 bits per heavy atom. The summed E-state index contributed by atoms with van der Waals surface area (Å²) in [6.07, 6.45) is 2.60. The average molecular weight is 390 g/mol. The molecule has 0 saturated carbocycles. The molecular weight excluding hydrogens is 364 g/mol. The summed E-state index contributed by atoms with van der Waals surface area (Å²) in [6, 6.07) is 21.5. The van der Waals surface area contributed by atoms with Gasteiger partial charge in [0, 0.05) is 18.8 Å². The summed E-state index contributed by atoms with van der Waals surface area (Å²) >= 11 is 0. The number of guanidine groups is 1. The molecule has 3 aromatic rings. The second-order valence-corrected chi connectivity index (χ2v) is 6.37. The molecule has 1 heterocycles. The van der Waals surface area contributed by atoms with Gasteiger partial charge in [-0.3, -0.25) is 0 Å². The molecule has 0 aliphatic rings. The second-order valence-electron chi connectivity index (χ2n) is 6.37. The highest BCUT2D eigenvalue weighted by Gasteiger charge is 2.02. The Balaban J connectivity index is 1.50. The molecule has 3 rings (SSSR count). The molecule has 0 unspecified atom stereocenters. The minimum absolute atomic E-state index is 0.423. The number of aliphatic imine (C=N–C) groups is 1. The van der Waals surface area contributed by atoms with Gasteiger partial charge in [0.2, 0.25) is 5.88 Å². The first-order chi connectivity index (χ1) is 14.2. The molecule has 150 valence electrons. The lowest BCUT2D eigenvalue weighted by molar-refractivity contribution is 0.339.